The van der Waals surface area contributed by atoms with Crippen LogP contribution < -0.4 is 0 Å². The maximum absolute atomic E-state index is 13.4. The second-order valence-corrected chi connectivity index (χ2v) is 24.8. The van der Waals surface area contributed by atoms with E-state index in [1.54, 1.807) is 0 Å². The zero-order valence-corrected chi connectivity index (χ0v) is 27.7. The Bertz CT molecular complexity index is 840. The van der Waals surface area contributed by atoms with Gasteiger partial charge in [-0.2, -0.15) is 0 Å². The Labute approximate surface area is 236 Å². The summed E-state index contributed by atoms with van der Waals surface area (Å²) >= 11 is -2.73. The van der Waals surface area contributed by atoms with Gasteiger partial charge < -0.3 is 0 Å². The van der Waals surface area contributed by atoms with Crippen LogP contribution in [0.3, 0.4) is 0 Å². The normalized spacial score (nSPS) is 15.2. The van der Waals surface area contributed by atoms with Gasteiger partial charge in [0.2, 0.25) is 0 Å². The Morgan fingerprint density at radius 3 is 1.92 bits per heavy atom. The van der Waals surface area contributed by atoms with Crippen molar-refractivity contribution in [3.05, 3.63) is 45.1 Å². The van der Waals surface area contributed by atoms with Gasteiger partial charge in [-0.1, -0.05) is 18.2 Å². The molecule has 1 aliphatic heterocycles. The summed E-state index contributed by atoms with van der Waals surface area (Å²) < 4.78 is 16.8. The Morgan fingerprint density at radius 2 is 1.42 bits per heavy atom. The number of carbonyl (C=O) groups is 2. The summed E-state index contributed by atoms with van der Waals surface area (Å²) in [6.07, 6.45) is 9.85. The zero-order valence-electron chi connectivity index (χ0n) is 24.9. The van der Waals surface area contributed by atoms with E-state index in [0.717, 1.165) is 30.4 Å². The third-order valence-corrected chi connectivity index (χ3v) is 25.0. The first kappa shape index (κ1) is 32.7. The van der Waals surface area contributed by atoms with Gasteiger partial charge in [-0.3, -0.25) is 0 Å². The summed E-state index contributed by atoms with van der Waals surface area (Å²) in [5.41, 5.74) is 2.00. The summed E-state index contributed by atoms with van der Waals surface area (Å²) in [4.78, 5) is 27.9. The molecule has 0 atom stereocenters. The first-order chi connectivity index (χ1) is 18.4. The van der Waals surface area contributed by atoms with E-state index < -0.39 is 18.4 Å². The van der Waals surface area contributed by atoms with Crippen LogP contribution in [0.4, 0.5) is 4.79 Å². The molecule has 0 saturated carbocycles. The average Bonchev–Trinajstić information content (AvgIpc) is 2.95. The third kappa shape index (κ3) is 10.2. The van der Waals surface area contributed by atoms with Crippen molar-refractivity contribution in [3.8, 4) is 0 Å². The van der Waals surface area contributed by atoms with Crippen LogP contribution in [0.25, 0.3) is 0 Å². The molecule has 0 N–H and O–H groups in total. The zero-order chi connectivity index (χ0) is 27.8. The summed E-state index contributed by atoms with van der Waals surface area (Å²) in [6.45, 7) is 13.2. The third-order valence-electron chi connectivity index (χ3n) is 8.37. The fourth-order valence-electron chi connectivity index (χ4n) is 5.83. The standard InChI is InChI=1S/C20H26NO4.3C4H9.Sn/c1-3-18(19(22)24-4-2)14-16-10-12-21(13-11-16)20(23)25-15-17-8-6-5-7-9-17;3*1-3-4-2;/h5-9,16H,4,10-15H2,1-2H3;3*1,3-4H2,2H3;. The topological polar surface area (TPSA) is 55.8 Å². The molecule has 38 heavy (non-hydrogen) atoms. The molecule has 1 heterocycles. The van der Waals surface area contributed by atoms with Crippen LogP contribution in [0.15, 0.2) is 39.5 Å². The second-order valence-electron chi connectivity index (χ2n) is 11.1. The van der Waals surface area contributed by atoms with E-state index in [2.05, 4.69) is 27.7 Å². The molecule has 0 radical (unpaired) electrons. The Balaban J connectivity index is 2.16. The van der Waals surface area contributed by atoms with Crippen LogP contribution in [0, 0.1) is 5.92 Å². The van der Waals surface area contributed by atoms with E-state index in [4.69, 9.17) is 9.47 Å². The van der Waals surface area contributed by atoms with Crippen LogP contribution >= 0.6 is 0 Å². The number of hydrogen-bond acceptors (Lipinski definition) is 4. The van der Waals surface area contributed by atoms with Gasteiger partial charge in [0.15, 0.2) is 0 Å². The Morgan fingerprint density at radius 1 is 0.868 bits per heavy atom. The van der Waals surface area contributed by atoms with Crippen molar-refractivity contribution in [2.24, 2.45) is 5.92 Å². The van der Waals surface area contributed by atoms with E-state index in [-0.39, 0.29) is 12.1 Å². The minimum atomic E-state index is -2.73. The fraction of sp³-hybridized carbons (Fsp3) is 0.688. The van der Waals surface area contributed by atoms with Crippen molar-refractivity contribution in [1.82, 2.24) is 4.90 Å². The SMILES string of the molecule is CCC[CH2][Sn]([CH2]CCC)([CH2]CCC)/[C](C)=C(/CC1CCN(C(=O)OCc2ccccc2)CC1)C(=O)OCC. The monoisotopic (exact) mass is 635 g/mol. The van der Waals surface area contributed by atoms with Crippen molar-refractivity contribution in [3.63, 3.8) is 0 Å². The molecule has 0 spiro atoms. The van der Waals surface area contributed by atoms with E-state index in [1.165, 1.54) is 55.4 Å². The second kappa shape index (κ2) is 18.0. The number of piperidine rings is 1. The molecule has 5 nitrogen and oxygen atoms in total. The summed E-state index contributed by atoms with van der Waals surface area (Å²) in [5.74, 6) is 0.315. The molecule has 2 rings (SSSR count). The predicted octanol–water partition coefficient (Wildman–Crippen LogP) is 8.69. The molecular formula is C32H53NO4Sn. The number of benzene rings is 1. The summed E-state index contributed by atoms with van der Waals surface area (Å²) in [6, 6.07) is 9.81. The van der Waals surface area contributed by atoms with Gasteiger partial charge >= 0.3 is 219 Å². The van der Waals surface area contributed by atoms with Crippen LogP contribution in [0.1, 0.15) is 98.0 Å². The molecule has 6 heteroatoms. The van der Waals surface area contributed by atoms with Gasteiger partial charge in [0.25, 0.3) is 0 Å². The predicted molar refractivity (Wildman–Crippen MR) is 160 cm³/mol. The number of carbonyl (C=O) groups excluding carboxylic acids is 2. The molecule has 1 aromatic rings. The number of esters is 1. The van der Waals surface area contributed by atoms with E-state index in [0.29, 0.717) is 32.2 Å². The van der Waals surface area contributed by atoms with E-state index >= 15 is 0 Å². The number of amides is 1. The summed E-state index contributed by atoms with van der Waals surface area (Å²) in [5, 5.41) is 0. The van der Waals surface area contributed by atoms with Gasteiger partial charge in [-0.15, -0.1) is 0 Å². The summed E-state index contributed by atoms with van der Waals surface area (Å²) in [7, 11) is 0. The molecule has 0 aliphatic carbocycles. The molecule has 1 aliphatic rings. The molecule has 1 saturated heterocycles. The van der Waals surface area contributed by atoms with Crippen molar-refractivity contribution < 1.29 is 19.1 Å². The maximum atomic E-state index is 13.4. The number of likely N-dealkylation sites (tertiary alicyclic amines) is 1. The molecular weight excluding hydrogens is 581 g/mol. The fourth-order valence-corrected chi connectivity index (χ4v) is 22.4. The number of ether oxygens (including phenoxy) is 2. The quantitative estimate of drug-likeness (QED) is 0.104. The Hall–Kier alpha value is -1.50. The number of rotatable bonds is 16. The van der Waals surface area contributed by atoms with Crippen LogP contribution in [-0.2, 0) is 20.9 Å². The molecule has 0 bridgehead atoms. The van der Waals surface area contributed by atoms with Crippen molar-refractivity contribution in [1.29, 1.82) is 0 Å². The van der Waals surface area contributed by atoms with Gasteiger partial charge in [-0.25, -0.2) is 0 Å². The van der Waals surface area contributed by atoms with E-state index in [1.807, 2.05) is 42.2 Å². The van der Waals surface area contributed by atoms with Crippen molar-refractivity contribution in [2.75, 3.05) is 19.7 Å². The van der Waals surface area contributed by atoms with Crippen molar-refractivity contribution in [2.45, 2.75) is 112 Å². The van der Waals surface area contributed by atoms with Crippen LogP contribution in [0.5, 0.6) is 0 Å². The van der Waals surface area contributed by atoms with Gasteiger partial charge in [0.1, 0.15) is 0 Å². The number of unbranched alkanes of at least 4 members (excludes halogenated alkanes) is 3. The minimum absolute atomic E-state index is 0.0831. The number of hydrogen-bond donors (Lipinski definition) is 0. The molecule has 214 valence electrons. The molecule has 1 amide bonds. The average molecular weight is 634 g/mol. The van der Waals surface area contributed by atoms with Crippen LogP contribution in [0.2, 0.25) is 13.3 Å². The number of allylic oxidation sites excluding steroid dienone is 1. The van der Waals surface area contributed by atoms with Crippen LogP contribution in [-0.4, -0.2) is 55.0 Å². The first-order valence-electron chi connectivity index (χ1n) is 15.2. The van der Waals surface area contributed by atoms with Gasteiger partial charge in [-0.05, 0) is 0 Å². The Kier molecular flexibility index (Phi) is 15.5. The van der Waals surface area contributed by atoms with Gasteiger partial charge in [0, 0.05) is 0 Å². The van der Waals surface area contributed by atoms with E-state index in [9.17, 15) is 9.59 Å². The van der Waals surface area contributed by atoms with Gasteiger partial charge in [0.05, 0.1) is 0 Å². The molecule has 1 aromatic carbocycles. The van der Waals surface area contributed by atoms with Crippen molar-refractivity contribution >= 4 is 30.4 Å². The molecule has 0 unspecified atom stereocenters. The first-order valence-corrected chi connectivity index (χ1v) is 22.7. The number of nitrogens with zero attached hydrogens (tertiary/aromatic N) is 1. The molecule has 0 aromatic heterocycles. The molecule has 1 fully saturated rings.